The standard InChI is InChI=1S/C32H25ClFN3O5S/c1-19(29(38)36-27-17-22(32(41)42)14-15-25(27)33)43-24-12-7-11-23(18-24)35-31(40)28(16-21-10-5-6-13-26(21)34)37-30(39)20-8-3-2-4-9-20/h2-19H,1H3,(H,35,40)(H,36,38)(H,37,39)(H,41,42)/b28-16-. The van der Waals surface area contributed by atoms with Gasteiger partial charge in [-0.3, -0.25) is 14.4 Å². The second-order valence-electron chi connectivity index (χ2n) is 9.13. The number of carbonyl (C=O) groups excluding carboxylic acids is 3. The minimum Gasteiger partial charge on any atom is -0.478 e. The molecule has 8 nitrogen and oxygen atoms in total. The van der Waals surface area contributed by atoms with Gasteiger partial charge in [0, 0.05) is 21.7 Å². The van der Waals surface area contributed by atoms with Gasteiger partial charge in [0.25, 0.3) is 11.8 Å². The van der Waals surface area contributed by atoms with E-state index in [9.17, 15) is 28.7 Å². The summed E-state index contributed by atoms with van der Waals surface area (Å²) in [5, 5.41) is 16.7. The minimum atomic E-state index is -1.15. The smallest absolute Gasteiger partial charge is 0.335 e. The molecule has 4 rings (SSSR count). The van der Waals surface area contributed by atoms with Crippen LogP contribution in [0.1, 0.15) is 33.2 Å². The summed E-state index contributed by atoms with van der Waals surface area (Å²) in [4.78, 5) is 50.9. The fourth-order valence-electron chi connectivity index (χ4n) is 3.78. The van der Waals surface area contributed by atoms with Crippen LogP contribution in [0, 0.1) is 5.82 Å². The van der Waals surface area contributed by atoms with Crippen LogP contribution in [0.3, 0.4) is 0 Å². The van der Waals surface area contributed by atoms with E-state index in [-0.39, 0.29) is 27.5 Å². The molecule has 0 heterocycles. The number of thioether (sulfide) groups is 1. The number of anilines is 2. The van der Waals surface area contributed by atoms with Crippen LogP contribution in [0.4, 0.5) is 15.8 Å². The van der Waals surface area contributed by atoms with Gasteiger partial charge in [-0.2, -0.15) is 0 Å². The molecular weight excluding hydrogens is 593 g/mol. The molecule has 1 atom stereocenters. The average Bonchev–Trinajstić information content (AvgIpc) is 2.99. The molecule has 0 aliphatic heterocycles. The molecule has 4 N–H and O–H groups in total. The molecule has 218 valence electrons. The van der Waals surface area contributed by atoms with Gasteiger partial charge in [-0.25, -0.2) is 9.18 Å². The lowest BCUT2D eigenvalue weighted by Crippen LogP contribution is -2.30. The summed E-state index contributed by atoms with van der Waals surface area (Å²) in [6, 6.07) is 24.8. The van der Waals surface area contributed by atoms with Crippen molar-refractivity contribution >= 4 is 64.5 Å². The molecular formula is C32H25ClFN3O5S. The van der Waals surface area contributed by atoms with E-state index < -0.39 is 34.8 Å². The number of hydrogen-bond donors (Lipinski definition) is 4. The summed E-state index contributed by atoms with van der Waals surface area (Å²) >= 11 is 7.32. The highest BCUT2D eigenvalue weighted by atomic mass is 35.5. The van der Waals surface area contributed by atoms with Crippen LogP contribution in [-0.2, 0) is 9.59 Å². The van der Waals surface area contributed by atoms with Crippen LogP contribution in [-0.4, -0.2) is 34.0 Å². The number of carboxylic acids is 1. The molecule has 0 aliphatic rings. The van der Waals surface area contributed by atoms with Crippen LogP contribution >= 0.6 is 23.4 Å². The Morgan fingerprint density at radius 2 is 1.58 bits per heavy atom. The summed E-state index contributed by atoms with van der Waals surface area (Å²) in [7, 11) is 0. The number of carboxylic acid groups (broad SMARTS) is 1. The third-order valence-corrected chi connectivity index (χ3v) is 7.40. The normalized spacial score (nSPS) is 11.7. The summed E-state index contributed by atoms with van der Waals surface area (Å²) in [5.41, 5.74) is 0.771. The third-order valence-electron chi connectivity index (χ3n) is 5.98. The van der Waals surface area contributed by atoms with Crippen LogP contribution in [0.15, 0.2) is 108 Å². The van der Waals surface area contributed by atoms with Gasteiger partial charge in [-0.1, -0.05) is 54.1 Å². The molecule has 4 aromatic carbocycles. The summed E-state index contributed by atoms with van der Waals surface area (Å²) in [6.07, 6.45) is 1.25. The largest absolute Gasteiger partial charge is 0.478 e. The molecule has 0 bridgehead atoms. The Morgan fingerprint density at radius 3 is 2.30 bits per heavy atom. The maximum Gasteiger partial charge on any atom is 0.335 e. The van der Waals surface area contributed by atoms with Crippen LogP contribution in [0.25, 0.3) is 6.08 Å². The van der Waals surface area contributed by atoms with Crippen LogP contribution in [0.5, 0.6) is 0 Å². The Hall–Kier alpha value is -4.93. The molecule has 0 aromatic heterocycles. The average molecular weight is 618 g/mol. The topological polar surface area (TPSA) is 125 Å². The van der Waals surface area contributed by atoms with E-state index in [0.29, 0.717) is 16.1 Å². The first kappa shape index (κ1) is 31.0. The lowest BCUT2D eigenvalue weighted by Gasteiger charge is -2.15. The minimum absolute atomic E-state index is 0.0215. The highest BCUT2D eigenvalue weighted by Crippen LogP contribution is 2.29. The second-order valence-corrected chi connectivity index (χ2v) is 11.0. The fourth-order valence-corrected chi connectivity index (χ4v) is 4.87. The van der Waals surface area contributed by atoms with Crippen LogP contribution in [0.2, 0.25) is 5.02 Å². The lowest BCUT2D eigenvalue weighted by molar-refractivity contribution is -0.115. The Bertz CT molecular complexity index is 1710. The number of hydrogen-bond acceptors (Lipinski definition) is 5. The van der Waals surface area contributed by atoms with Gasteiger partial charge in [0.05, 0.1) is 21.5 Å². The van der Waals surface area contributed by atoms with E-state index in [4.69, 9.17) is 11.6 Å². The van der Waals surface area contributed by atoms with Crippen molar-refractivity contribution in [2.24, 2.45) is 0 Å². The first-order chi connectivity index (χ1) is 20.6. The molecule has 0 radical (unpaired) electrons. The number of halogens is 2. The van der Waals surface area contributed by atoms with Gasteiger partial charge in [0.1, 0.15) is 11.5 Å². The van der Waals surface area contributed by atoms with Crippen molar-refractivity contribution in [2.45, 2.75) is 17.1 Å². The number of carbonyl (C=O) groups is 4. The van der Waals surface area contributed by atoms with E-state index in [1.54, 1.807) is 67.6 Å². The van der Waals surface area contributed by atoms with Crippen molar-refractivity contribution in [3.8, 4) is 0 Å². The quantitative estimate of drug-likeness (QED) is 0.116. The number of rotatable bonds is 10. The first-order valence-electron chi connectivity index (χ1n) is 12.8. The zero-order valence-electron chi connectivity index (χ0n) is 22.6. The molecule has 0 saturated carbocycles. The summed E-state index contributed by atoms with van der Waals surface area (Å²) in [6.45, 7) is 1.66. The number of aromatic carboxylic acids is 1. The van der Waals surface area contributed by atoms with Crippen LogP contribution < -0.4 is 16.0 Å². The third kappa shape index (κ3) is 8.54. The van der Waals surface area contributed by atoms with Crippen molar-refractivity contribution in [3.05, 3.63) is 130 Å². The molecule has 43 heavy (non-hydrogen) atoms. The van der Waals surface area contributed by atoms with Gasteiger partial charge in [0.15, 0.2) is 0 Å². The molecule has 1 unspecified atom stereocenters. The SMILES string of the molecule is CC(Sc1cccc(NC(=O)/C(=C/c2ccccc2F)NC(=O)c2ccccc2)c1)C(=O)Nc1cc(C(=O)O)ccc1Cl. The Labute approximate surface area is 256 Å². The van der Waals surface area contributed by atoms with Gasteiger partial charge >= 0.3 is 5.97 Å². The molecule has 0 aliphatic carbocycles. The summed E-state index contributed by atoms with van der Waals surface area (Å²) in [5.74, 6) is -3.36. The monoisotopic (exact) mass is 617 g/mol. The van der Waals surface area contributed by atoms with Gasteiger partial charge in [-0.05, 0) is 67.6 Å². The van der Waals surface area contributed by atoms with E-state index in [1.165, 1.54) is 54.2 Å². The van der Waals surface area contributed by atoms with Gasteiger partial charge in [0.2, 0.25) is 5.91 Å². The molecule has 3 amide bonds. The van der Waals surface area contributed by atoms with E-state index in [0.717, 1.165) is 0 Å². The highest BCUT2D eigenvalue weighted by Gasteiger charge is 2.19. The second kappa shape index (κ2) is 14.3. The number of benzene rings is 4. The zero-order valence-corrected chi connectivity index (χ0v) is 24.2. The number of nitrogens with one attached hydrogen (secondary N) is 3. The maximum absolute atomic E-state index is 14.4. The van der Waals surface area contributed by atoms with Crippen molar-refractivity contribution in [3.63, 3.8) is 0 Å². The van der Waals surface area contributed by atoms with Crippen molar-refractivity contribution in [1.29, 1.82) is 0 Å². The Morgan fingerprint density at radius 1 is 0.860 bits per heavy atom. The Kier molecular flexibility index (Phi) is 10.3. The molecule has 0 fully saturated rings. The first-order valence-corrected chi connectivity index (χ1v) is 14.1. The zero-order chi connectivity index (χ0) is 30.9. The van der Waals surface area contributed by atoms with Crippen molar-refractivity contribution in [2.75, 3.05) is 10.6 Å². The molecule has 0 saturated heterocycles. The maximum atomic E-state index is 14.4. The fraction of sp³-hybridized carbons (Fsp3) is 0.0625. The molecule has 0 spiro atoms. The van der Waals surface area contributed by atoms with Crippen molar-refractivity contribution < 1.29 is 28.7 Å². The Balaban J connectivity index is 1.49. The van der Waals surface area contributed by atoms with E-state index >= 15 is 0 Å². The van der Waals surface area contributed by atoms with E-state index in [2.05, 4.69) is 16.0 Å². The van der Waals surface area contributed by atoms with Gasteiger partial charge < -0.3 is 21.1 Å². The predicted molar refractivity (Wildman–Crippen MR) is 166 cm³/mol. The lowest BCUT2D eigenvalue weighted by atomic mass is 10.1. The molecule has 11 heteroatoms. The molecule has 4 aromatic rings. The number of amides is 3. The predicted octanol–water partition coefficient (Wildman–Crippen LogP) is 6.71. The summed E-state index contributed by atoms with van der Waals surface area (Å²) < 4.78 is 14.4. The van der Waals surface area contributed by atoms with E-state index in [1.807, 2.05) is 0 Å². The van der Waals surface area contributed by atoms with Gasteiger partial charge in [-0.15, -0.1) is 11.8 Å². The highest BCUT2D eigenvalue weighted by molar-refractivity contribution is 8.00. The van der Waals surface area contributed by atoms with Crippen molar-refractivity contribution in [1.82, 2.24) is 5.32 Å².